The predicted octanol–water partition coefficient (Wildman–Crippen LogP) is -0.0748. The molecule has 1 fully saturated rings. The Kier molecular flexibility index (Phi) is 3.93. The van der Waals surface area contributed by atoms with Crippen molar-refractivity contribution < 1.29 is 19.7 Å². The van der Waals surface area contributed by atoms with Gasteiger partial charge in [-0.1, -0.05) is 0 Å². The van der Waals surface area contributed by atoms with Gasteiger partial charge >= 0.3 is 0 Å². The first kappa shape index (κ1) is 16.6. The highest BCUT2D eigenvalue weighted by Gasteiger charge is 2.54. The Labute approximate surface area is 138 Å². The smallest absolute Gasteiger partial charge is 0.223 e. The summed E-state index contributed by atoms with van der Waals surface area (Å²) in [5.41, 5.74) is 5.22. The number of hydrogen-bond acceptors (Lipinski definition) is 8. The highest BCUT2D eigenvalue weighted by atomic mass is 16.7. The largest absolute Gasteiger partial charge is 0.394 e. The summed E-state index contributed by atoms with van der Waals surface area (Å²) < 4.78 is 12.9. The van der Waals surface area contributed by atoms with E-state index in [1.165, 1.54) is 24.7 Å². The fourth-order valence-electron chi connectivity index (χ4n) is 3.00. The van der Waals surface area contributed by atoms with Crippen LogP contribution in [0.15, 0.2) is 18.5 Å². The van der Waals surface area contributed by atoms with E-state index in [9.17, 15) is 15.5 Å². The zero-order valence-electron chi connectivity index (χ0n) is 13.4. The van der Waals surface area contributed by atoms with E-state index < -0.39 is 23.6 Å². The van der Waals surface area contributed by atoms with Gasteiger partial charge in [0.25, 0.3) is 0 Å². The maximum absolute atomic E-state index is 10.0. The molecule has 1 saturated heterocycles. The minimum absolute atomic E-state index is 0.252. The molecule has 1 aliphatic heterocycles. The van der Waals surface area contributed by atoms with Gasteiger partial charge in [-0.05, 0) is 26.0 Å². The number of nitriles is 1. The number of hydrogen-bond donors (Lipinski definition) is 3. The number of anilines is 1. The third kappa shape index (κ3) is 2.59. The monoisotopic (exact) mass is 333 g/mol. The molecule has 3 atom stereocenters. The zero-order valence-corrected chi connectivity index (χ0v) is 13.4. The van der Waals surface area contributed by atoms with Gasteiger partial charge in [0.05, 0.1) is 18.4 Å². The number of nitrogen functional groups attached to an aromatic ring is 1. The van der Waals surface area contributed by atoms with Crippen LogP contribution >= 0.6 is 0 Å². The number of aromatic nitrogens is 3. The van der Waals surface area contributed by atoms with Crippen molar-refractivity contribution in [1.29, 1.82) is 5.26 Å². The first-order valence-corrected chi connectivity index (χ1v) is 7.49. The number of nitrogens with two attached hydrogens (primary N) is 1. The van der Waals surface area contributed by atoms with E-state index in [0.717, 1.165) is 0 Å². The Morgan fingerprint density at radius 1 is 1.58 bits per heavy atom. The molecule has 0 saturated carbocycles. The van der Waals surface area contributed by atoms with Gasteiger partial charge in [-0.25, -0.2) is 9.50 Å². The van der Waals surface area contributed by atoms with Gasteiger partial charge in [0.15, 0.2) is 11.6 Å². The third-order valence-corrected chi connectivity index (χ3v) is 3.95. The van der Waals surface area contributed by atoms with Gasteiger partial charge < -0.3 is 25.4 Å². The lowest BCUT2D eigenvalue weighted by Crippen LogP contribution is -2.43. The molecule has 9 nitrogen and oxygen atoms in total. The van der Waals surface area contributed by atoms with E-state index in [0.29, 0.717) is 11.2 Å². The topological polar surface area (TPSA) is 139 Å². The van der Waals surface area contributed by atoms with Gasteiger partial charge in [-0.2, -0.15) is 10.4 Å². The van der Waals surface area contributed by atoms with Crippen LogP contribution < -0.4 is 5.73 Å². The summed E-state index contributed by atoms with van der Waals surface area (Å²) in [6.07, 6.45) is 0.138. The molecule has 2 aromatic heterocycles. The SMILES string of the molecule is CC(C)(O)O[C@@H]1C[C@@H](CO)O[C@@]1(C#N)c1ccc2c(N)ncnn12. The lowest BCUT2D eigenvalue weighted by Gasteiger charge is -2.31. The molecule has 24 heavy (non-hydrogen) atoms. The van der Waals surface area contributed by atoms with Crippen LogP contribution in [0.3, 0.4) is 0 Å². The third-order valence-electron chi connectivity index (χ3n) is 3.95. The Bertz CT molecular complexity index is 793. The van der Waals surface area contributed by atoms with E-state index in [-0.39, 0.29) is 18.8 Å². The summed E-state index contributed by atoms with van der Waals surface area (Å²) in [5, 5.41) is 33.5. The average Bonchev–Trinajstić information content (AvgIpc) is 3.08. The summed E-state index contributed by atoms with van der Waals surface area (Å²) >= 11 is 0. The number of fused-ring (bicyclic) bond motifs is 1. The van der Waals surface area contributed by atoms with E-state index in [1.54, 1.807) is 12.1 Å². The molecule has 1 aliphatic rings. The number of aliphatic hydroxyl groups excluding tert-OH is 1. The maximum atomic E-state index is 10.0. The molecule has 0 amide bonds. The molecular formula is C15H19N5O4. The second-order valence-corrected chi connectivity index (χ2v) is 6.22. The standard InChI is InChI=1S/C15H19N5O4/c1-14(2,22)24-12-5-9(6-21)23-15(12,7-16)11-4-3-10-13(17)18-8-19-20(10)11/h3-4,8-9,12,21-22H,5-6H2,1-2H3,(H2,17,18,19)/t9-,12+,15-/m0/s1. The van der Waals surface area contributed by atoms with Crippen LogP contribution in [-0.4, -0.2) is 49.4 Å². The molecule has 2 aromatic rings. The van der Waals surface area contributed by atoms with Crippen molar-refractivity contribution in [3.63, 3.8) is 0 Å². The average molecular weight is 333 g/mol. The zero-order chi connectivity index (χ0) is 17.5. The molecule has 0 spiro atoms. The molecule has 3 rings (SSSR count). The Hall–Kier alpha value is -2.25. The van der Waals surface area contributed by atoms with Crippen molar-refractivity contribution in [3.8, 4) is 6.07 Å². The van der Waals surface area contributed by atoms with Gasteiger partial charge in [0.1, 0.15) is 24.0 Å². The minimum atomic E-state index is -1.54. The highest BCUT2D eigenvalue weighted by molar-refractivity contribution is 5.66. The number of nitrogens with zero attached hydrogens (tertiary/aromatic N) is 4. The van der Waals surface area contributed by atoms with E-state index in [4.69, 9.17) is 15.2 Å². The minimum Gasteiger partial charge on any atom is -0.394 e. The summed E-state index contributed by atoms with van der Waals surface area (Å²) in [6.45, 7) is 2.67. The molecule has 0 radical (unpaired) electrons. The fourth-order valence-corrected chi connectivity index (χ4v) is 3.00. The van der Waals surface area contributed by atoms with Crippen LogP contribution in [0.2, 0.25) is 0 Å². The molecule has 0 bridgehead atoms. The van der Waals surface area contributed by atoms with Gasteiger partial charge in [0.2, 0.25) is 5.60 Å². The maximum Gasteiger partial charge on any atom is 0.223 e. The summed E-state index contributed by atoms with van der Waals surface area (Å²) in [6, 6.07) is 5.47. The first-order valence-electron chi connectivity index (χ1n) is 7.49. The van der Waals surface area contributed by atoms with Crippen molar-refractivity contribution in [2.45, 2.75) is 43.9 Å². The molecule has 128 valence electrons. The molecule has 3 heterocycles. The lowest BCUT2D eigenvalue weighted by molar-refractivity contribution is -0.226. The molecule has 4 N–H and O–H groups in total. The second-order valence-electron chi connectivity index (χ2n) is 6.22. The number of rotatable bonds is 4. The fraction of sp³-hybridized carbons (Fsp3) is 0.533. The molecule has 0 aliphatic carbocycles. The summed E-state index contributed by atoms with van der Waals surface area (Å²) in [7, 11) is 0. The quantitative estimate of drug-likeness (QED) is 0.661. The van der Waals surface area contributed by atoms with Gasteiger partial charge in [0, 0.05) is 6.42 Å². The van der Waals surface area contributed by atoms with Crippen LogP contribution in [0.4, 0.5) is 5.82 Å². The van der Waals surface area contributed by atoms with Crippen LogP contribution in [0.5, 0.6) is 0 Å². The predicted molar refractivity (Wildman–Crippen MR) is 82.4 cm³/mol. The van der Waals surface area contributed by atoms with Crippen molar-refractivity contribution in [2.75, 3.05) is 12.3 Å². The van der Waals surface area contributed by atoms with Crippen LogP contribution in [0.1, 0.15) is 26.0 Å². The Morgan fingerprint density at radius 2 is 2.33 bits per heavy atom. The van der Waals surface area contributed by atoms with Crippen molar-refractivity contribution in [2.24, 2.45) is 0 Å². The van der Waals surface area contributed by atoms with E-state index in [2.05, 4.69) is 16.2 Å². The van der Waals surface area contributed by atoms with Crippen molar-refractivity contribution >= 4 is 11.3 Å². The van der Waals surface area contributed by atoms with E-state index in [1.807, 2.05) is 0 Å². The van der Waals surface area contributed by atoms with Crippen LogP contribution in [0.25, 0.3) is 5.52 Å². The van der Waals surface area contributed by atoms with Crippen molar-refractivity contribution in [1.82, 2.24) is 14.6 Å². The second kappa shape index (κ2) is 5.68. The molecule has 0 aromatic carbocycles. The van der Waals surface area contributed by atoms with Crippen molar-refractivity contribution in [3.05, 3.63) is 24.2 Å². The molecule has 0 unspecified atom stereocenters. The summed E-state index contributed by atoms with van der Waals surface area (Å²) in [4.78, 5) is 3.92. The van der Waals surface area contributed by atoms with Gasteiger partial charge in [-0.3, -0.25) is 0 Å². The normalized spacial score (nSPS) is 27.5. The van der Waals surface area contributed by atoms with E-state index >= 15 is 0 Å². The highest BCUT2D eigenvalue weighted by Crippen LogP contribution is 2.42. The lowest BCUT2D eigenvalue weighted by atomic mass is 9.93. The van der Waals surface area contributed by atoms with Crippen LogP contribution in [0, 0.1) is 11.3 Å². The molecule has 9 heteroatoms. The van der Waals surface area contributed by atoms with Gasteiger partial charge in [-0.15, -0.1) is 0 Å². The Balaban J connectivity index is 2.14. The Morgan fingerprint density at radius 3 is 2.96 bits per heavy atom. The first-order chi connectivity index (χ1) is 11.3. The molecular weight excluding hydrogens is 314 g/mol. The number of aliphatic hydroxyl groups is 2. The summed E-state index contributed by atoms with van der Waals surface area (Å²) in [5.74, 6) is -1.21. The number of ether oxygens (including phenoxy) is 2. The van der Waals surface area contributed by atoms with Crippen LogP contribution in [-0.2, 0) is 15.1 Å².